The second-order valence-corrected chi connectivity index (χ2v) is 7.43. The number of aromatic hydroxyl groups is 1. The molecule has 1 unspecified atom stereocenters. The number of thiophene rings is 1. The minimum Gasteiger partial charge on any atom is -0.508 e. The van der Waals surface area contributed by atoms with Crippen molar-refractivity contribution in [3.05, 3.63) is 39.5 Å². The second-order valence-electron chi connectivity index (χ2n) is 6.38. The zero-order valence-electron chi connectivity index (χ0n) is 13.1. The van der Waals surface area contributed by atoms with E-state index in [9.17, 15) is 14.7 Å². The summed E-state index contributed by atoms with van der Waals surface area (Å²) >= 11 is 1.25. The number of piperidine rings is 1. The van der Waals surface area contributed by atoms with Crippen LogP contribution >= 0.6 is 11.3 Å². The van der Waals surface area contributed by atoms with Crippen LogP contribution in [0.25, 0.3) is 21.0 Å². The molecule has 3 N–H and O–H groups in total. The zero-order chi connectivity index (χ0) is 16.7. The van der Waals surface area contributed by atoms with Crippen molar-refractivity contribution in [3.8, 4) is 5.75 Å². The lowest BCUT2D eigenvalue weighted by molar-refractivity contribution is 0.0958. The van der Waals surface area contributed by atoms with E-state index in [4.69, 9.17) is 0 Å². The smallest absolute Gasteiger partial charge is 0.266 e. The Balaban J connectivity index is 1.75. The first kappa shape index (κ1) is 15.4. The Morgan fingerprint density at radius 3 is 2.96 bits per heavy atom. The third kappa shape index (κ3) is 2.72. The Morgan fingerprint density at radius 2 is 2.17 bits per heavy atom. The summed E-state index contributed by atoms with van der Waals surface area (Å²) in [4.78, 5) is 28.3. The van der Waals surface area contributed by atoms with Gasteiger partial charge in [-0.15, -0.1) is 11.3 Å². The van der Waals surface area contributed by atoms with Crippen molar-refractivity contribution < 1.29 is 9.90 Å². The molecule has 0 bridgehead atoms. The van der Waals surface area contributed by atoms with Gasteiger partial charge in [-0.25, -0.2) is 0 Å². The molecule has 6 heteroatoms. The molecule has 5 nitrogen and oxygen atoms in total. The maximum absolute atomic E-state index is 12.6. The van der Waals surface area contributed by atoms with Crippen molar-refractivity contribution in [1.82, 2.24) is 10.3 Å². The summed E-state index contributed by atoms with van der Waals surface area (Å²) < 4.78 is 0.540. The van der Waals surface area contributed by atoms with Gasteiger partial charge in [-0.1, -0.05) is 0 Å². The molecule has 1 aliphatic rings. The number of benzene rings is 1. The molecule has 1 aromatic carbocycles. The van der Waals surface area contributed by atoms with Crippen LogP contribution in [0.2, 0.25) is 0 Å². The number of phenols is 1. The van der Waals surface area contributed by atoms with Gasteiger partial charge in [0.05, 0.1) is 4.88 Å². The highest BCUT2D eigenvalue weighted by molar-refractivity contribution is 7.20. The Morgan fingerprint density at radius 1 is 1.29 bits per heavy atom. The molecule has 3 aromatic rings. The highest BCUT2D eigenvalue weighted by Crippen LogP contribution is 2.31. The normalized spacial score (nSPS) is 18.2. The van der Waals surface area contributed by atoms with Gasteiger partial charge in [0.15, 0.2) is 5.78 Å². The molecule has 0 spiro atoms. The third-order valence-corrected chi connectivity index (χ3v) is 5.80. The van der Waals surface area contributed by atoms with Crippen LogP contribution in [0.15, 0.2) is 29.1 Å². The molecule has 0 aliphatic carbocycles. The number of Topliss-reactive ketones (excluding diaryl/α,β-unsaturated/α-hetero) is 1. The number of carbonyl (C=O) groups is 1. The van der Waals surface area contributed by atoms with E-state index < -0.39 is 0 Å². The quantitative estimate of drug-likeness (QED) is 0.639. The van der Waals surface area contributed by atoms with Crippen LogP contribution in [0, 0.1) is 5.92 Å². The Hall–Kier alpha value is -2.18. The number of aromatic nitrogens is 1. The van der Waals surface area contributed by atoms with Crippen LogP contribution < -0.4 is 10.9 Å². The lowest BCUT2D eigenvalue weighted by atomic mass is 9.94. The van der Waals surface area contributed by atoms with E-state index in [0.717, 1.165) is 36.7 Å². The summed E-state index contributed by atoms with van der Waals surface area (Å²) in [5.74, 6) is 0.608. The number of hydrogen-bond acceptors (Lipinski definition) is 5. The van der Waals surface area contributed by atoms with Gasteiger partial charge in [-0.05, 0) is 56.1 Å². The monoisotopic (exact) mass is 342 g/mol. The van der Waals surface area contributed by atoms with E-state index in [0.29, 0.717) is 27.4 Å². The SMILES string of the molecule is O=C(CC1CCCNC1)c1cc2c(s1)c(=O)[nH]c1ccc(O)cc12. The van der Waals surface area contributed by atoms with Crippen molar-refractivity contribution in [2.75, 3.05) is 13.1 Å². The summed E-state index contributed by atoms with van der Waals surface area (Å²) in [6, 6.07) is 6.65. The predicted octanol–water partition coefficient (Wildman–Crippen LogP) is 3.02. The fraction of sp³-hybridized carbons (Fsp3) is 0.333. The molecule has 24 heavy (non-hydrogen) atoms. The minimum atomic E-state index is -0.188. The number of hydrogen-bond donors (Lipinski definition) is 3. The Labute approximate surface area is 142 Å². The van der Waals surface area contributed by atoms with Gasteiger partial charge in [-0.2, -0.15) is 0 Å². The van der Waals surface area contributed by atoms with Gasteiger partial charge in [0.2, 0.25) is 0 Å². The van der Waals surface area contributed by atoms with Gasteiger partial charge in [0.1, 0.15) is 10.4 Å². The van der Waals surface area contributed by atoms with Gasteiger partial charge >= 0.3 is 0 Å². The van der Waals surface area contributed by atoms with Crippen molar-refractivity contribution >= 4 is 38.1 Å². The summed E-state index contributed by atoms with van der Waals surface area (Å²) in [6.07, 6.45) is 2.69. The highest BCUT2D eigenvalue weighted by Gasteiger charge is 2.20. The van der Waals surface area contributed by atoms with Crippen LogP contribution in [0.4, 0.5) is 0 Å². The first-order valence-electron chi connectivity index (χ1n) is 8.14. The molecule has 0 saturated carbocycles. The Kier molecular flexibility index (Phi) is 3.86. The maximum atomic E-state index is 12.6. The number of H-pyrrole nitrogens is 1. The van der Waals surface area contributed by atoms with E-state index in [-0.39, 0.29) is 17.1 Å². The molecule has 2 aromatic heterocycles. The fourth-order valence-corrected chi connectivity index (χ4v) is 4.42. The molecule has 1 aliphatic heterocycles. The molecular formula is C18H18N2O3S. The van der Waals surface area contributed by atoms with Crippen molar-refractivity contribution in [3.63, 3.8) is 0 Å². The van der Waals surface area contributed by atoms with E-state index in [2.05, 4.69) is 10.3 Å². The van der Waals surface area contributed by atoms with Gasteiger partial charge in [0, 0.05) is 22.7 Å². The minimum absolute atomic E-state index is 0.0950. The predicted molar refractivity (Wildman–Crippen MR) is 96.2 cm³/mol. The number of fused-ring (bicyclic) bond motifs is 3. The number of nitrogens with one attached hydrogen (secondary N) is 2. The van der Waals surface area contributed by atoms with Crippen LogP contribution in [0.1, 0.15) is 28.9 Å². The van der Waals surface area contributed by atoms with Crippen molar-refractivity contribution in [2.45, 2.75) is 19.3 Å². The number of pyridine rings is 1. The van der Waals surface area contributed by atoms with Crippen LogP contribution in [0.3, 0.4) is 0 Å². The van der Waals surface area contributed by atoms with Gasteiger partial charge in [-0.3, -0.25) is 9.59 Å². The van der Waals surface area contributed by atoms with Crippen LogP contribution in [0.5, 0.6) is 5.75 Å². The van der Waals surface area contributed by atoms with E-state index in [1.165, 1.54) is 11.3 Å². The average Bonchev–Trinajstić information content (AvgIpc) is 3.03. The molecule has 1 atom stereocenters. The first-order valence-corrected chi connectivity index (χ1v) is 8.96. The molecular weight excluding hydrogens is 324 g/mol. The molecule has 3 heterocycles. The first-order chi connectivity index (χ1) is 11.6. The van der Waals surface area contributed by atoms with E-state index in [1.807, 2.05) is 0 Å². The summed E-state index contributed by atoms with van der Waals surface area (Å²) in [6.45, 7) is 1.91. The molecule has 0 radical (unpaired) electrons. The third-order valence-electron chi connectivity index (χ3n) is 4.63. The lowest BCUT2D eigenvalue weighted by Crippen LogP contribution is -2.30. The topological polar surface area (TPSA) is 82.2 Å². The summed E-state index contributed by atoms with van der Waals surface area (Å²) in [5.41, 5.74) is 0.477. The van der Waals surface area contributed by atoms with Crippen LogP contribution in [-0.2, 0) is 0 Å². The molecule has 1 saturated heterocycles. The number of phenolic OH excluding ortho intramolecular Hbond substituents is 1. The number of carbonyl (C=O) groups excluding carboxylic acids is 1. The number of rotatable bonds is 3. The fourth-order valence-electron chi connectivity index (χ4n) is 3.40. The van der Waals surface area contributed by atoms with E-state index >= 15 is 0 Å². The number of ketones is 1. The lowest BCUT2D eigenvalue weighted by Gasteiger charge is -2.21. The van der Waals surface area contributed by atoms with Crippen molar-refractivity contribution in [1.29, 1.82) is 0 Å². The van der Waals surface area contributed by atoms with Crippen molar-refractivity contribution in [2.24, 2.45) is 5.92 Å². The second kappa shape index (κ2) is 6.03. The highest BCUT2D eigenvalue weighted by atomic mass is 32.1. The summed E-state index contributed by atoms with van der Waals surface area (Å²) in [5, 5.41) is 14.6. The molecule has 0 amide bonds. The molecule has 1 fully saturated rings. The van der Waals surface area contributed by atoms with Gasteiger partial charge in [0.25, 0.3) is 5.56 Å². The Bertz CT molecular complexity index is 983. The molecule has 124 valence electrons. The average molecular weight is 342 g/mol. The van der Waals surface area contributed by atoms with Gasteiger partial charge < -0.3 is 15.4 Å². The standard InChI is InChI=1S/C18H18N2O3S/c21-11-3-4-14-12(7-11)13-8-16(24-17(13)18(23)20-14)15(22)6-10-2-1-5-19-9-10/h3-4,7-8,10,19,21H,1-2,5-6,9H2,(H,20,23). The zero-order valence-corrected chi connectivity index (χ0v) is 13.9. The van der Waals surface area contributed by atoms with E-state index in [1.54, 1.807) is 24.3 Å². The maximum Gasteiger partial charge on any atom is 0.266 e. The largest absolute Gasteiger partial charge is 0.508 e. The molecule has 4 rings (SSSR count). The van der Waals surface area contributed by atoms with Crippen LogP contribution in [-0.4, -0.2) is 29.0 Å². The number of aromatic amines is 1. The summed E-state index contributed by atoms with van der Waals surface area (Å²) in [7, 11) is 0.